The first-order chi connectivity index (χ1) is 13.1. The molecule has 0 saturated heterocycles. The highest BCUT2D eigenvalue weighted by Crippen LogP contribution is 2.42. The minimum atomic E-state index is -0.288. The van der Waals surface area contributed by atoms with E-state index in [1.807, 2.05) is 18.2 Å². The predicted octanol–water partition coefficient (Wildman–Crippen LogP) is 4.79. The highest BCUT2D eigenvalue weighted by Gasteiger charge is 2.40. The average molecular weight is 361 g/mol. The van der Waals surface area contributed by atoms with Crippen molar-refractivity contribution < 1.29 is 14.3 Å². The van der Waals surface area contributed by atoms with Crippen molar-refractivity contribution in [1.82, 2.24) is 0 Å². The summed E-state index contributed by atoms with van der Waals surface area (Å²) < 4.78 is 5.45. The summed E-state index contributed by atoms with van der Waals surface area (Å²) in [5, 5.41) is 8.92. The van der Waals surface area contributed by atoms with Crippen LogP contribution in [0.2, 0.25) is 0 Å². The van der Waals surface area contributed by atoms with E-state index in [1.165, 1.54) is 0 Å². The number of carbonyl (C=O) groups excluding carboxylic acids is 2. The lowest BCUT2D eigenvalue weighted by atomic mass is 9.81. The molecule has 27 heavy (non-hydrogen) atoms. The van der Waals surface area contributed by atoms with Crippen molar-refractivity contribution in [3.05, 3.63) is 65.7 Å². The molecule has 4 heteroatoms. The van der Waals surface area contributed by atoms with Crippen LogP contribution < -0.4 is 4.74 Å². The van der Waals surface area contributed by atoms with Gasteiger partial charge in [0.2, 0.25) is 0 Å². The lowest BCUT2D eigenvalue weighted by Gasteiger charge is -2.23. The summed E-state index contributed by atoms with van der Waals surface area (Å²) in [6, 6.07) is 17.8. The van der Waals surface area contributed by atoms with Crippen LogP contribution in [0.1, 0.15) is 48.5 Å². The molecular weight excluding hydrogens is 338 g/mol. The third kappa shape index (κ3) is 4.43. The normalized spacial score (nSPS) is 21.4. The van der Waals surface area contributed by atoms with Gasteiger partial charge in [-0.1, -0.05) is 43.7 Å². The van der Waals surface area contributed by atoms with Crippen LogP contribution in [0, 0.1) is 29.1 Å². The predicted molar refractivity (Wildman–Crippen MR) is 102 cm³/mol. The summed E-state index contributed by atoms with van der Waals surface area (Å²) in [5.74, 6) is 0.474. The van der Waals surface area contributed by atoms with E-state index >= 15 is 0 Å². The molecule has 4 nitrogen and oxygen atoms in total. The van der Waals surface area contributed by atoms with E-state index in [-0.39, 0.29) is 30.0 Å². The van der Waals surface area contributed by atoms with Gasteiger partial charge in [-0.2, -0.15) is 5.26 Å². The van der Waals surface area contributed by atoms with E-state index in [0.717, 1.165) is 19.3 Å². The summed E-state index contributed by atoms with van der Waals surface area (Å²) in [5.41, 5.74) is 1.14. The molecule has 0 heterocycles. The van der Waals surface area contributed by atoms with Crippen molar-refractivity contribution in [2.75, 3.05) is 0 Å². The van der Waals surface area contributed by atoms with Crippen molar-refractivity contribution in [3.8, 4) is 11.8 Å². The molecule has 2 aromatic carbocycles. The first-order valence-electron chi connectivity index (χ1n) is 9.42. The van der Waals surface area contributed by atoms with E-state index in [9.17, 15) is 9.59 Å². The smallest absolute Gasteiger partial charge is 0.311 e. The molecule has 0 spiro atoms. The molecule has 1 aliphatic carbocycles. The SMILES string of the molecule is CCC1CCC(C(=O)c2ccc(C#N)cc2)C1CC(=O)Oc1ccccc1. The highest BCUT2D eigenvalue weighted by molar-refractivity contribution is 5.98. The zero-order chi connectivity index (χ0) is 19.2. The Kier molecular flexibility index (Phi) is 6.03. The fourth-order valence-electron chi connectivity index (χ4n) is 4.07. The number of rotatable bonds is 6. The van der Waals surface area contributed by atoms with E-state index in [2.05, 4.69) is 13.0 Å². The van der Waals surface area contributed by atoms with Crippen molar-refractivity contribution in [1.29, 1.82) is 5.26 Å². The van der Waals surface area contributed by atoms with Gasteiger partial charge in [0.15, 0.2) is 5.78 Å². The Labute approximate surface area is 159 Å². The topological polar surface area (TPSA) is 67.2 Å². The molecular formula is C23H23NO3. The van der Waals surface area contributed by atoms with E-state index in [1.54, 1.807) is 36.4 Å². The van der Waals surface area contributed by atoms with Crippen molar-refractivity contribution in [3.63, 3.8) is 0 Å². The molecule has 1 saturated carbocycles. The average Bonchev–Trinajstić information content (AvgIpc) is 3.10. The molecule has 3 unspecified atom stereocenters. The summed E-state index contributed by atoms with van der Waals surface area (Å²) in [7, 11) is 0. The number of carbonyl (C=O) groups is 2. The molecule has 0 bridgehead atoms. The number of hydrogen-bond donors (Lipinski definition) is 0. The maximum absolute atomic E-state index is 13.0. The Morgan fingerprint density at radius 3 is 2.41 bits per heavy atom. The molecule has 0 N–H and O–H groups in total. The molecule has 0 radical (unpaired) electrons. The third-order valence-corrected chi connectivity index (χ3v) is 5.51. The number of ketones is 1. The number of Topliss-reactive ketones (excluding diaryl/α,β-unsaturated/α-hetero) is 1. The maximum Gasteiger partial charge on any atom is 0.311 e. The molecule has 3 rings (SSSR count). The quantitative estimate of drug-likeness (QED) is 0.421. The number of ether oxygens (including phenoxy) is 1. The molecule has 0 aromatic heterocycles. The Balaban J connectivity index is 1.72. The number of nitriles is 1. The van der Waals surface area contributed by atoms with Crippen LogP contribution in [0.5, 0.6) is 5.75 Å². The monoisotopic (exact) mass is 361 g/mol. The second-order valence-corrected chi connectivity index (χ2v) is 7.06. The van der Waals surface area contributed by atoms with Gasteiger partial charge < -0.3 is 4.74 Å². The number of benzene rings is 2. The second-order valence-electron chi connectivity index (χ2n) is 7.06. The van der Waals surface area contributed by atoms with Gasteiger partial charge in [0.25, 0.3) is 0 Å². The standard InChI is InChI=1S/C23H23NO3/c1-2-17-12-13-20(23(26)18-10-8-16(15-24)9-11-18)21(17)14-22(25)27-19-6-4-3-5-7-19/h3-11,17,20-21H,2,12-14H2,1H3. The first-order valence-corrected chi connectivity index (χ1v) is 9.42. The molecule has 1 fully saturated rings. The van der Waals surface area contributed by atoms with Gasteiger partial charge in [-0.25, -0.2) is 0 Å². The largest absolute Gasteiger partial charge is 0.427 e. The fourth-order valence-corrected chi connectivity index (χ4v) is 4.07. The molecule has 2 aromatic rings. The summed E-state index contributed by atoms with van der Waals surface area (Å²) in [6.07, 6.45) is 2.94. The Morgan fingerprint density at radius 1 is 1.07 bits per heavy atom. The van der Waals surface area contributed by atoms with Crippen LogP contribution in [0.15, 0.2) is 54.6 Å². The van der Waals surface area contributed by atoms with Gasteiger partial charge in [-0.15, -0.1) is 0 Å². The van der Waals surface area contributed by atoms with Gasteiger partial charge in [0.1, 0.15) is 5.75 Å². The number of para-hydroxylation sites is 1. The second kappa shape index (κ2) is 8.64. The Bertz CT molecular complexity index is 836. The lowest BCUT2D eigenvalue weighted by molar-refractivity contribution is -0.136. The lowest BCUT2D eigenvalue weighted by Crippen LogP contribution is -2.26. The van der Waals surface area contributed by atoms with Gasteiger partial charge in [-0.05, 0) is 48.9 Å². The van der Waals surface area contributed by atoms with E-state index in [4.69, 9.17) is 10.00 Å². The van der Waals surface area contributed by atoms with E-state index < -0.39 is 0 Å². The van der Waals surface area contributed by atoms with Crippen LogP contribution in [0.4, 0.5) is 0 Å². The Morgan fingerprint density at radius 2 is 1.78 bits per heavy atom. The summed E-state index contributed by atoms with van der Waals surface area (Å²) >= 11 is 0. The van der Waals surface area contributed by atoms with Crippen molar-refractivity contribution in [2.24, 2.45) is 17.8 Å². The number of esters is 1. The van der Waals surface area contributed by atoms with Crippen LogP contribution in [0.3, 0.4) is 0 Å². The van der Waals surface area contributed by atoms with E-state index in [0.29, 0.717) is 22.8 Å². The van der Waals surface area contributed by atoms with Crippen LogP contribution >= 0.6 is 0 Å². The molecule has 1 aliphatic rings. The van der Waals surface area contributed by atoms with Gasteiger partial charge in [-0.3, -0.25) is 9.59 Å². The molecule has 138 valence electrons. The summed E-state index contributed by atoms with van der Waals surface area (Å²) in [6.45, 7) is 2.11. The maximum atomic E-state index is 13.0. The fraction of sp³-hybridized carbons (Fsp3) is 0.348. The zero-order valence-corrected chi connectivity index (χ0v) is 15.4. The highest BCUT2D eigenvalue weighted by atomic mass is 16.5. The van der Waals surface area contributed by atoms with Crippen LogP contribution in [-0.4, -0.2) is 11.8 Å². The Hall–Kier alpha value is -2.93. The zero-order valence-electron chi connectivity index (χ0n) is 15.4. The number of hydrogen-bond acceptors (Lipinski definition) is 4. The number of nitrogens with zero attached hydrogens (tertiary/aromatic N) is 1. The van der Waals surface area contributed by atoms with Crippen molar-refractivity contribution in [2.45, 2.75) is 32.6 Å². The van der Waals surface area contributed by atoms with Gasteiger partial charge in [0, 0.05) is 17.9 Å². The molecule has 0 amide bonds. The van der Waals surface area contributed by atoms with Gasteiger partial charge in [0.05, 0.1) is 11.6 Å². The summed E-state index contributed by atoms with van der Waals surface area (Å²) in [4.78, 5) is 25.5. The van der Waals surface area contributed by atoms with Gasteiger partial charge >= 0.3 is 5.97 Å². The minimum Gasteiger partial charge on any atom is -0.427 e. The third-order valence-electron chi connectivity index (χ3n) is 5.51. The van der Waals surface area contributed by atoms with Crippen LogP contribution in [0.25, 0.3) is 0 Å². The van der Waals surface area contributed by atoms with Crippen molar-refractivity contribution >= 4 is 11.8 Å². The molecule has 3 atom stereocenters. The first kappa shape index (κ1) is 18.8. The molecule has 0 aliphatic heterocycles. The van der Waals surface area contributed by atoms with Crippen LogP contribution in [-0.2, 0) is 4.79 Å². The minimum absolute atomic E-state index is 0.00523.